The molecule has 2 amide bonds. The molecule has 0 bridgehead atoms. The Morgan fingerprint density at radius 1 is 1.17 bits per heavy atom. The summed E-state index contributed by atoms with van der Waals surface area (Å²) in [7, 11) is 0. The van der Waals surface area contributed by atoms with Crippen LogP contribution in [0.2, 0.25) is 0 Å². The molecular formula is C16H20FN3O3. The van der Waals surface area contributed by atoms with E-state index in [1.165, 1.54) is 23.1 Å². The van der Waals surface area contributed by atoms with Crippen molar-refractivity contribution in [2.45, 2.75) is 6.42 Å². The number of carbonyl (C=O) groups is 1. The van der Waals surface area contributed by atoms with Gasteiger partial charge in [-0.2, -0.15) is 0 Å². The monoisotopic (exact) mass is 321 g/mol. The fourth-order valence-electron chi connectivity index (χ4n) is 2.18. The molecule has 0 saturated heterocycles. The number of benzene rings is 1. The minimum absolute atomic E-state index is 0.0382. The normalized spacial score (nSPS) is 10.6. The van der Waals surface area contributed by atoms with Crippen molar-refractivity contribution >= 4 is 11.7 Å². The van der Waals surface area contributed by atoms with Crippen LogP contribution in [0, 0.1) is 5.82 Å². The molecule has 2 rings (SSSR count). The SMILES string of the molecule is O=C(Nc1ccc(F)c(-n2cccc2)c1)N(CCO)CCCO. The number of hydrogen-bond donors (Lipinski definition) is 3. The van der Waals surface area contributed by atoms with Crippen LogP contribution in [-0.2, 0) is 0 Å². The van der Waals surface area contributed by atoms with Gasteiger partial charge in [0, 0.05) is 37.8 Å². The first-order chi connectivity index (χ1) is 11.2. The Bertz CT molecular complexity index is 632. The minimum atomic E-state index is -0.405. The van der Waals surface area contributed by atoms with Gasteiger partial charge in [-0.25, -0.2) is 9.18 Å². The van der Waals surface area contributed by atoms with Gasteiger partial charge < -0.3 is 25.0 Å². The standard InChI is InChI=1S/C16H20FN3O3/c17-14-5-4-13(12-15(14)19-6-1-2-7-19)18-16(23)20(9-11-22)8-3-10-21/h1-2,4-7,12,21-22H,3,8-11H2,(H,18,23). The predicted octanol–water partition coefficient (Wildman–Crippen LogP) is 1.82. The Hall–Kier alpha value is -2.38. The summed E-state index contributed by atoms with van der Waals surface area (Å²) in [5.74, 6) is -0.397. The lowest BCUT2D eigenvalue weighted by molar-refractivity contribution is 0.180. The van der Waals surface area contributed by atoms with Crippen LogP contribution in [0.5, 0.6) is 0 Å². The summed E-state index contributed by atoms with van der Waals surface area (Å²) < 4.78 is 15.5. The fraction of sp³-hybridized carbons (Fsp3) is 0.312. The van der Waals surface area contributed by atoms with Crippen LogP contribution in [0.1, 0.15) is 6.42 Å². The summed E-state index contributed by atoms with van der Waals surface area (Å²) in [4.78, 5) is 13.6. The molecule has 3 N–H and O–H groups in total. The molecule has 1 aromatic heterocycles. The average Bonchev–Trinajstić information content (AvgIpc) is 3.07. The number of aliphatic hydroxyl groups is 2. The predicted molar refractivity (Wildman–Crippen MR) is 85.1 cm³/mol. The molecule has 124 valence electrons. The highest BCUT2D eigenvalue weighted by molar-refractivity contribution is 5.89. The number of urea groups is 1. The molecule has 7 heteroatoms. The minimum Gasteiger partial charge on any atom is -0.396 e. The van der Waals surface area contributed by atoms with Crippen LogP contribution in [0.3, 0.4) is 0 Å². The number of anilines is 1. The first-order valence-electron chi connectivity index (χ1n) is 7.36. The van der Waals surface area contributed by atoms with E-state index >= 15 is 0 Å². The smallest absolute Gasteiger partial charge is 0.321 e. The Kier molecular flexibility index (Phi) is 6.13. The zero-order valence-electron chi connectivity index (χ0n) is 12.7. The van der Waals surface area contributed by atoms with E-state index in [4.69, 9.17) is 10.2 Å². The molecular weight excluding hydrogens is 301 g/mol. The van der Waals surface area contributed by atoms with E-state index < -0.39 is 11.8 Å². The largest absolute Gasteiger partial charge is 0.396 e. The van der Waals surface area contributed by atoms with Gasteiger partial charge in [-0.3, -0.25) is 0 Å². The van der Waals surface area contributed by atoms with Crippen molar-refractivity contribution in [1.82, 2.24) is 9.47 Å². The topological polar surface area (TPSA) is 77.7 Å². The van der Waals surface area contributed by atoms with Crippen LogP contribution in [0.15, 0.2) is 42.7 Å². The quantitative estimate of drug-likeness (QED) is 0.728. The number of rotatable bonds is 7. The van der Waals surface area contributed by atoms with E-state index in [1.54, 1.807) is 29.1 Å². The third kappa shape index (κ3) is 4.54. The molecule has 6 nitrogen and oxygen atoms in total. The summed E-state index contributed by atoms with van der Waals surface area (Å²) in [6.07, 6.45) is 3.85. The van der Waals surface area contributed by atoms with Gasteiger partial charge in [-0.05, 0) is 36.8 Å². The van der Waals surface area contributed by atoms with Crippen molar-refractivity contribution in [3.8, 4) is 5.69 Å². The molecule has 1 heterocycles. The molecule has 1 aromatic carbocycles. The van der Waals surface area contributed by atoms with Gasteiger partial charge in [0.15, 0.2) is 0 Å². The Balaban J connectivity index is 2.12. The van der Waals surface area contributed by atoms with Gasteiger partial charge >= 0.3 is 6.03 Å². The number of aliphatic hydroxyl groups excluding tert-OH is 2. The highest BCUT2D eigenvalue weighted by Gasteiger charge is 2.14. The first kappa shape index (κ1) is 17.0. The second kappa shape index (κ2) is 8.30. The number of carbonyl (C=O) groups excluding carboxylic acids is 1. The van der Waals surface area contributed by atoms with Crippen LogP contribution >= 0.6 is 0 Å². The van der Waals surface area contributed by atoms with Gasteiger partial charge in [-0.1, -0.05) is 0 Å². The Labute approximate surface area is 133 Å². The van der Waals surface area contributed by atoms with Gasteiger partial charge in [0.05, 0.1) is 12.3 Å². The molecule has 0 unspecified atom stereocenters. The zero-order valence-corrected chi connectivity index (χ0v) is 12.7. The zero-order chi connectivity index (χ0) is 16.7. The number of aromatic nitrogens is 1. The summed E-state index contributed by atoms with van der Waals surface area (Å²) in [5.41, 5.74) is 0.781. The molecule has 0 atom stereocenters. The summed E-state index contributed by atoms with van der Waals surface area (Å²) in [5, 5.41) is 20.6. The maximum Gasteiger partial charge on any atom is 0.321 e. The lowest BCUT2D eigenvalue weighted by atomic mass is 10.2. The van der Waals surface area contributed by atoms with E-state index in [0.717, 1.165) is 0 Å². The first-order valence-corrected chi connectivity index (χ1v) is 7.36. The highest BCUT2D eigenvalue weighted by atomic mass is 19.1. The van der Waals surface area contributed by atoms with E-state index in [-0.39, 0.29) is 19.8 Å². The third-order valence-electron chi connectivity index (χ3n) is 3.32. The molecule has 0 saturated carbocycles. The number of nitrogens with zero attached hydrogens (tertiary/aromatic N) is 2. The van der Waals surface area contributed by atoms with Crippen molar-refractivity contribution < 1.29 is 19.4 Å². The number of nitrogens with one attached hydrogen (secondary N) is 1. The number of halogens is 1. The molecule has 0 aliphatic carbocycles. The van der Waals surface area contributed by atoms with Crippen LogP contribution in [0.25, 0.3) is 5.69 Å². The molecule has 0 aliphatic heterocycles. The molecule has 2 aromatic rings. The van der Waals surface area contributed by atoms with E-state index in [9.17, 15) is 9.18 Å². The van der Waals surface area contributed by atoms with E-state index in [0.29, 0.717) is 24.3 Å². The van der Waals surface area contributed by atoms with Crippen molar-refractivity contribution in [1.29, 1.82) is 0 Å². The average molecular weight is 321 g/mol. The Morgan fingerprint density at radius 3 is 2.57 bits per heavy atom. The van der Waals surface area contributed by atoms with E-state index in [1.807, 2.05) is 0 Å². The number of amides is 2. The molecule has 0 aliphatic rings. The van der Waals surface area contributed by atoms with E-state index in [2.05, 4.69) is 5.32 Å². The fourth-order valence-corrected chi connectivity index (χ4v) is 2.18. The molecule has 0 spiro atoms. The molecule has 23 heavy (non-hydrogen) atoms. The maximum absolute atomic E-state index is 13.9. The lowest BCUT2D eigenvalue weighted by Crippen LogP contribution is -2.38. The van der Waals surface area contributed by atoms with Crippen molar-refractivity contribution in [3.05, 3.63) is 48.5 Å². The van der Waals surface area contributed by atoms with Gasteiger partial charge in [0.1, 0.15) is 5.82 Å². The van der Waals surface area contributed by atoms with Crippen molar-refractivity contribution in [2.75, 3.05) is 31.6 Å². The van der Waals surface area contributed by atoms with Crippen LogP contribution in [-0.4, -0.2) is 52.0 Å². The highest BCUT2D eigenvalue weighted by Crippen LogP contribution is 2.19. The number of hydrogen-bond acceptors (Lipinski definition) is 3. The summed E-state index contributed by atoms with van der Waals surface area (Å²) in [6, 6.07) is 7.46. The van der Waals surface area contributed by atoms with Gasteiger partial charge in [-0.15, -0.1) is 0 Å². The van der Waals surface area contributed by atoms with Crippen LogP contribution < -0.4 is 5.32 Å². The Morgan fingerprint density at radius 2 is 1.91 bits per heavy atom. The molecule has 0 radical (unpaired) electrons. The third-order valence-corrected chi connectivity index (χ3v) is 3.32. The second-order valence-corrected chi connectivity index (χ2v) is 4.97. The lowest BCUT2D eigenvalue weighted by Gasteiger charge is -2.22. The van der Waals surface area contributed by atoms with Crippen molar-refractivity contribution in [2.24, 2.45) is 0 Å². The van der Waals surface area contributed by atoms with Gasteiger partial charge in [0.2, 0.25) is 0 Å². The second-order valence-electron chi connectivity index (χ2n) is 4.97. The van der Waals surface area contributed by atoms with Crippen molar-refractivity contribution in [3.63, 3.8) is 0 Å². The van der Waals surface area contributed by atoms with Gasteiger partial charge in [0.25, 0.3) is 0 Å². The molecule has 0 fully saturated rings. The summed E-state index contributed by atoms with van der Waals surface area (Å²) in [6.45, 7) is 0.284. The van der Waals surface area contributed by atoms with Crippen LogP contribution in [0.4, 0.5) is 14.9 Å². The maximum atomic E-state index is 13.9. The summed E-state index contributed by atoms with van der Waals surface area (Å²) >= 11 is 0.